The largest absolute Gasteiger partial charge is 0.354 e. The van der Waals surface area contributed by atoms with Gasteiger partial charge in [0.2, 0.25) is 5.91 Å². The molecule has 0 aliphatic carbocycles. The van der Waals surface area contributed by atoms with Crippen LogP contribution in [0.1, 0.15) is 20.3 Å². The van der Waals surface area contributed by atoms with Crippen LogP contribution in [0.15, 0.2) is 24.5 Å². The number of amides is 1. The molecule has 4 rings (SSSR count). The van der Waals surface area contributed by atoms with Gasteiger partial charge < -0.3 is 9.80 Å². The van der Waals surface area contributed by atoms with Gasteiger partial charge in [-0.15, -0.1) is 0 Å². The summed E-state index contributed by atoms with van der Waals surface area (Å²) in [6.45, 7) is 10.3. The first kappa shape index (κ1) is 18.1. The maximum atomic E-state index is 12.7. The summed E-state index contributed by atoms with van der Waals surface area (Å²) in [5.41, 5.74) is 1.50. The van der Waals surface area contributed by atoms with Gasteiger partial charge >= 0.3 is 0 Å². The molecule has 2 aliphatic heterocycles. The molecule has 2 aromatic rings. The van der Waals surface area contributed by atoms with Crippen LogP contribution in [-0.2, 0) is 4.79 Å². The fraction of sp³-hybridized carbons (Fsp3) is 0.600. The lowest BCUT2D eigenvalue weighted by Crippen LogP contribution is -2.52. The second-order valence-corrected chi connectivity index (χ2v) is 8.08. The molecule has 2 aromatic heterocycles. The summed E-state index contributed by atoms with van der Waals surface area (Å²) in [5, 5.41) is 0. The maximum absolute atomic E-state index is 12.7. The SMILES string of the molecule is C[C@@H]1C[C@H](C)CN(C(=O)CN2CCN(c3ccc4nccnc4n3)CC2)C1. The summed E-state index contributed by atoms with van der Waals surface area (Å²) in [6, 6.07) is 3.98. The predicted octanol–water partition coefficient (Wildman–Crippen LogP) is 1.65. The number of carbonyl (C=O) groups is 1. The molecule has 0 spiro atoms. The van der Waals surface area contributed by atoms with Crippen LogP contribution >= 0.6 is 0 Å². The van der Waals surface area contributed by atoms with Crippen LogP contribution in [0.25, 0.3) is 11.2 Å². The van der Waals surface area contributed by atoms with Crippen molar-refractivity contribution in [2.45, 2.75) is 20.3 Å². The topological polar surface area (TPSA) is 65.5 Å². The second kappa shape index (κ2) is 7.76. The van der Waals surface area contributed by atoms with Gasteiger partial charge in [-0.3, -0.25) is 14.7 Å². The van der Waals surface area contributed by atoms with E-state index in [4.69, 9.17) is 0 Å². The second-order valence-electron chi connectivity index (χ2n) is 8.08. The predicted molar refractivity (Wildman–Crippen MR) is 106 cm³/mol. The number of rotatable bonds is 3. The average molecular weight is 368 g/mol. The van der Waals surface area contributed by atoms with Crippen molar-refractivity contribution < 1.29 is 4.79 Å². The molecule has 4 heterocycles. The van der Waals surface area contributed by atoms with Gasteiger partial charge in [0.05, 0.1) is 6.54 Å². The summed E-state index contributed by atoms with van der Waals surface area (Å²) < 4.78 is 0. The van der Waals surface area contributed by atoms with Crippen molar-refractivity contribution in [1.29, 1.82) is 0 Å². The molecular weight excluding hydrogens is 340 g/mol. The number of likely N-dealkylation sites (tertiary alicyclic amines) is 1. The van der Waals surface area contributed by atoms with Crippen molar-refractivity contribution in [1.82, 2.24) is 24.8 Å². The lowest BCUT2D eigenvalue weighted by molar-refractivity contribution is -0.135. The Morgan fingerprint density at radius 2 is 1.74 bits per heavy atom. The van der Waals surface area contributed by atoms with Gasteiger partial charge in [-0.25, -0.2) is 9.97 Å². The lowest BCUT2D eigenvalue weighted by Gasteiger charge is -2.38. The van der Waals surface area contributed by atoms with Crippen LogP contribution in [0, 0.1) is 11.8 Å². The summed E-state index contributed by atoms with van der Waals surface area (Å²) in [6.07, 6.45) is 4.58. The van der Waals surface area contributed by atoms with E-state index in [0.29, 0.717) is 24.0 Å². The number of hydrogen-bond acceptors (Lipinski definition) is 6. The molecule has 1 amide bonds. The Kier molecular flexibility index (Phi) is 5.20. The van der Waals surface area contributed by atoms with Crippen LogP contribution in [0.5, 0.6) is 0 Å². The lowest BCUT2D eigenvalue weighted by atomic mass is 9.92. The average Bonchev–Trinajstić information content (AvgIpc) is 2.67. The number of fused-ring (bicyclic) bond motifs is 1. The van der Waals surface area contributed by atoms with E-state index < -0.39 is 0 Å². The molecule has 27 heavy (non-hydrogen) atoms. The van der Waals surface area contributed by atoms with Gasteiger partial charge in [-0.05, 0) is 30.4 Å². The zero-order valence-electron chi connectivity index (χ0n) is 16.2. The standard InChI is InChI=1S/C20H28N6O/c1-15-11-16(2)13-26(12-15)19(27)14-24-7-9-25(10-8-24)18-4-3-17-20(23-18)22-6-5-21-17/h3-6,15-16H,7-14H2,1-2H3/t15-,16+. The van der Waals surface area contributed by atoms with Gasteiger partial charge in [0.1, 0.15) is 11.3 Å². The summed E-state index contributed by atoms with van der Waals surface area (Å²) in [7, 11) is 0. The zero-order chi connectivity index (χ0) is 18.8. The fourth-order valence-corrected chi connectivity index (χ4v) is 4.31. The molecule has 0 unspecified atom stereocenters. The normalized spacial score (nSPS) is 24.4. The molecule has 2 saturated heterocycles. The quantitative estimate of drug-likeness (QED) is 0.821. The Hall–Kier alpha value is -2.28. The number of nitrogens with zero attached hydrogens (tertiary/aromatic N) is 6. The van der Waals surface area contributed by atoms with Gasteiger partial charge in [0.15, 0.2) is 5.65 Å². The molecule has 0 aromatic carbocycles. The number of aromatic nitrogens is 3. The summed E-state index contributed by atoms with van der Waals surface area (Å²) >= 11 is 0. The van der Waals surface area contributed by atoms with E-state index in [9.17, 15) is 4.79 Å². The molecule has 0 saturated carbocycles. The number of piperazine rings is 1. The van der Waals surface area contributed by atoms with Crippen LogP contribution in [-0.4, -0.2) is 76.5 Å². The number of piperidine rings is 1. The Labute approximate surface area is 160 Å². The van der Waals surface area contributed by atoms with E-state index in [2.05, 4.69) is 43.5 Å². The van der Waals surface area contributed by atoms with E-state index >= 15 is 0 Å². The Morgan fingerprint density at radius 1 is 1.04 bits per heavy atom. The number of anilines is 1. The monoisotopic (exact) mass is 368 g/mol. The minimum Gasteiger partial charge on any atom is -0.354 e. The van der Waals surface area contributed by atoms with E-state index in [1.54, 1.807) is 12.4 Å². The summed E-state index contributed by atoms with van der Waals surface area (Å²) in [4.78, 5) is 32.5. The highest BCUT2D eigenvalue weighted by Crippen LogP contribution is 2.21. The third kappa shape index (κ3) is 4.18. The molecule has 0 radical (unpaired) electrons. The van der Waals surface area contributed by atoms with Gasteiger partial charge in [-0.2, -0.15) is 0 Å². The fourth-order valence-electron chi connectivity index (χ4n) is 4.31. The minimum atomic E-state index is 0.279. The molecule has 144 valence electrons. The third-order valence-electron chi connectivity index (χ3n) is 5.59. The molecule has 2 aliphatic rings. The van der Waals surface area contributed by atoms with Crippen LogP contribution < -0.4 is 4.90 Å². The first-order chi connectivity index (χ1) is 13.1. The molecule has 7 heteroatoms. The van der Waals surface area contributed by atoms with Crippen molar-refractivity contribution in [2.24, 2.45) is 11.8 Å². The van der Waals surface area contributed by atoms with Crippen molar-refractivity contribution >= 4 is 22.9 Å². The van der Waals surface area contributed by atoms with Crippen LogP contribution in [0.4, 0.5) is 5.82 Å². The van der Waals surface area contributed by atoms with Gasteiger partial charge in [0, 0.05) is 51.7 Å². The van der Waals surface area contributed by atoms with E-state index in [0.717, 1.165) is 50.6 Å². The highest BCUT2D eigenvalue weighted by atomic mass is 16.2. The highest BCUT2D eigenvalue weighted by molar-refractivity contribution is 5.78. The van der Waals surface area contributed by atoms with Crippen molar-refractivity contribution in [2.75, 3.05) is 50.7 Å². The van der Waals surface area contributed by atoms with E-state index in [1.807, 2.05) is 12.1 Å². The molecule has 0 N–H and O–H groups in total. The molecule has 2 fully saturated rings. The number of pyridine rings is 1. The smallest absolute Gasteiger partial charge is 0.236 e. The van der Waals surface area contributed by atoms with Crippen LogP contribution in [0.3, 0.4) is 0 Å². The summed E-state index contributed by atoms with van der Waals surface area (Å²) in [5.74, 6) is 2.43. The van der Waals surface area contributed by atoms with Crippen LogP contribution in [0.2, 0.25) is 0 Å². The van der Waals surface area contributed by atoms with Crippen molar-refractivity contribution in [3.8, 4) is 0 Å². The Morgan fingerprint density at radius 3 is 2.48 bits per heavy atom. The number of hydrogen-bond donors (Lipinski definition) is 0. The van der Waals surface area contributed by atoms with Crippen molar-refractivity contribution in [3.05, 3.63) is 24.5 Å². The minimum absolute atomic E-state index is 0.279. The maximum Gasteiger partial charge on any atom is 0.236 e. The highest BCUT2D eigenvalue weighted by Gasteiger charge is 2.27. The van der Waals surface area contributed by atoms with Gasteiger partial charge in [0.25, 0.3) is 0 Å². The third-order valence-corrected chi connectivity index (χ3v) is 5.59. The van der Waals surface area contributed by atoms with E-state index in [1.165, 1.54) is 6.42 Å². The Bertz CT molecular complexity index is 794. The first-order valence-electron chi connectivity index (χ1n) is 9.91. The number of carbonyl (C=O) groups excluding carboxylic acids is 1. The first-order valence-corrected chi connectivity index (χ1v) is 9.91. The van der Waals surface area contributed by atoms with Crippen molar-refractivity contribution in [3.63, 3.8) is 0 Å². The zero-order valence-corrected chi connectivity index (χ0v) is 16.2. The van der Waals surface area contributed by atoms with Gasteiger partial charge in [-0.1, -0.05) is 13.8 Å². The molecule has 0 bridgehead atoms. The molecule has 7 nitrogen and oxygen atoms in total. The molecule has 2 atom stereocenters. The Balaban J connectivity index is 1.32. The van der Waals surface area contributed by atoms with E-state index in [-0.39, 0.29) is 5.91 Å². The molecular formula is C20H28N6O.